The molecule has 0 spiro atoms. The molecule has 0 aliphatic heterocycles. The molecule has 1 aromatic rings. The monoisotopic (exact) mass is 309 g/mol. The predicted molar refractivity (Wildman–Crippen MR) is 87.7 cm³/mol. The molecule has 3 nitrogen and oxygen atoms in total. The van der Waals surface area contributed by atoms with Crippen molar-refractivity contribution in [2.45, 2.75) is 58.9 Å². The van der Waals surface area contributed by atoms with Crippen LogP contribution in [-0.4, -0.2) is 22.4 Å². The highest BCUT2D eigenvalue weighted by Gasteiger charge is 2.51. The first-order valence-electron chi connectivity index (χ1n) is 8.32. The second kappa shape index (κ2) is 5.58. The smallest absolute Gasteiger partial charge is 0.130 e. The van der Waals surface area contributed by atoms with Crippen molar-refractivity contribution < 1.29 is 0 Å². The van der Waals surface area contributed by atoms with Crippen LogP contribution < -0.4 is 5.32 Å². The largest absolute Gasteiger partial charge is 0.314 e. The Labute approximate surface area is 133 Å². The molecule has 2 saturated carbocycles. The van der Waals surface area contributed by atoms with Crippen LogP contribution in [0.5, 0.6) is 0 Å². The number of hydrogen-bond donors (Lipinski definition) is 1. The summed E-state index contributed by atoms with van der Waals surface area (Å²) in [5, 5.41) is 9.05. The predicted octanol–water partition coefficient (Wildman–Crippen LogP) is 3.73. The SMILES string of the molecule is Cc1nn(C)c(Cl)c1CC1(CNC(C)C)CC2CCC1C2. The van der Waals surface area contributed by atoms with Crippen molar-refractivity contribution in [3.63, 3.8) is 0 Å². The second-order valence-electron chi connectivity index (χ2n) is 7.63. The second-order valence-corrected chi connectivity index (χ2v) is 7.99. The number of fused-ring (bicyclic) bond motifs is 2. The molecule has 2 bridgehead atoms. The highest BCUT2D eigenvalue weighted by Crippen LogP contribution is 2.57. The van der Waals surface area contributed by atoms with Gasteiger partial charge in [0, 0.05) is 25.2 Å². The summed E-state index contributed by atoms with van der Waals surface area (Å²) in [6.45, 7) is 7.70. The molecule has 1 heterocycles. The molecule has 0 amide bonds. The van der Waals surface area contributed by atoms with Gasteiger partial charge in [-0.3, -0.25) is 4.68 Å². The number of aryl methyl sites for hydroxylation is 2. The molecular formula is C17H28ClN3. The van der Waals surface area contributed by atoms with E-state index in [-0.39, 0.29) is 0 Å². The van der Waals surface area contributed by atoms with E-state index in [1.165, 1.54) is 31.2 Å². The minimum Gasteiger partial charge on any atom is -0.314 e. The molecule has 0 saturated heterocycles. The van der Waals surface area contributed by atoms with Crippen LogP contribution in [0, 0.1) is 24.2 Å². The number of halogens is 1. The van der Waals surface area contributed by atoms with Gasteiger partial charge >= 0.3 is 0 Å². The van der Waals surface area contributed by atoms with Crippen molar-refractivity contribution in [3.05, 3.63) is 16.4 Å². The minimum absolute atomic E-state index is 0.393. The van der Waals surface area contributed by atoms with Gasteiger partial charge in [0.05, 0.1) is 5.69 Å². The molecule has 3 atom stereocenters. The zero-order valence-electron chi connectivity index (χ0n) is 13.7. The van der Waals surface area contributed by atoms with E-state index in [4.69, 9.17) is 11.6 Å². The third-order valence-electron chi connectivity index (χ3n) is 5.76. The Morgan fingerprint density at radius 1 is 1.43 bits per heavy atom. The first-order chi connectivity index (χ1) is 9.91. The third-order valence-corrected chi connectivity index (χ3v) is 6.24. The molecule has 2 aliphatic carbocycles. The summed E-state index contributed by atoms with van der Waals surface area (Å²) in [5.74, 6) is 1.81. The fraction of sp³-hybridized carbons (Fsp3) is 0.824. The van der Waals surface area contributed by atoms with Gasteiger partial charge in [0.15, 0.2) is 0 Å². The maximum Gasteiger partial charge on any atom is 0.130 e. The maximum atomic E-state index is 6.50. The number of rotatable bonds is 5. The molecule has 3 unspecified atom stereocenters. The molecule has 0 radical (unpaired) electrons. The normalized spacial score (nSPS) is 31.5. The number of aromatic nitrogens is 2. The van der Waals surface area contributed by atoms with E-state index in [2.05, 4.69) is 31.2 Å². The van der Waals surface area contributed by atoms with Gasteiger partial charge in [0.25, 0.3) is 0 Å². The molecule has 2 fully saturated rings. The maximum absolute atomic E-state index is 6.50. The van der Waals surface area contributed by atoms with Crippen LogP contribution in [-0.2, 0) is 13.5 Å². The van der Waals surface area contributed by atoms with Crippen LogP contribution >= 0.6 is 11.6 Å². The molecule has 1 N–H and O–H groups in total. The van der Waals surface area contributed by atoms with Gasteiger partial charge in [0.2, 0.25) is 0 Å². The van der Waals surface area contributed by atoms with Crippen molar-refractivity contribution in [1.29, 1.82) is 0 Å². The van der Waals surface area contributed by atoms with Crippen molar-refractivity contribution in [2.24, 2.45) is 24.3 Å². The van der Waals surface area contributed by atoms with Gasteiger partial charge in [-0.25, -0.2) is 0 Å². The fourth-order valence-corrected chi connectivity index (χ4v) is 4.93. The Morgan fingerprint density at radius 3 is 2.67 bits per heavy atom. The molecule has 1 aromatic heterocycles. The Kier molecular flexibility index (Phi) is 4.08. The first-order valence-corrected chi connectivity index (χ1v) is 8.70. The lowest BCUT2D eigenvalue weighted by atomic mass is 9.69. The van der Waals surface area contributed by atoms with Gasteiger partial charge < -0.3 is 5.32 Å². The highest BCUT2D eigenvalue weighted by molar-refractivity contribution is 6.30. The number of hydrogen-bond acceptors (Lipinski definition) is 2. The van der Waals surface area contributed by atoms with E-state index in [0.717, 1.165) is 35.6 Å². The van der Waals surface area contributed by atoms with Gasteiger partial charge in [-0.15, -0.1) is 0 Å². The average molecular weight is 310 g/mol. The average Bonchev–Trinajstić information content (AvgIpc) is 3.08. The Hall–Kier alpha value is -0.540. The summed E-state index contributed by atoms with van der Waals surface area (Å²) >= 11 is 6.50. The number of nitrogens with zero attached hydrogens (tertiary/aromatic N) is 2. The lowest BCUT2D eigenvalue weighted by Gasteiger charge is -2.39. The minimum atomic E-state index is 0.393. The van der Waals surface area contributed by atoms with E-state index < -0.39 is 0 Å². The quantitative estimate of drug-likeness (QED) is 0.898. The van der Waals surface area contributed by atoms with E-state index in [1.807, 2.05) is 11.7 Å². The molecule has 0 aromatic carbocycles. The third kappa shape index (κ3) is 2.75. The lowest BCUT2D eigenvalue weighted by Crippen LogP contribution is -2.42. The Bertz CT molecular complexity index is 522. The molecule has 118 valence electrons. The summed E-state index contributed by atoms with van der Waals surface area (Å²) in [7, 11) is 1.94. The highest BCUT2D eigenvalue weighted by atomic mass is 35.5. The van der Waals surface area contributed by atoms with Crippen LogP contribution in [0.25, 0.3) is 0 Å². The van der Waals surface area contributed by atoms with E-state index >= 15 is 0 Å². The lowest BCUT2D eigenvalue weighted by molar-refractivity contribution is 0.152. The zero-order chi connectivity index (χ0) is 15.2. The van der Waals surface area contributed by atoms with Crippen LogP contribution in [0.4, 0.5) is 0 Å². The van der Waals surface area contributed by atoms with E-state index in [0.29, 0.717) is 11.5 Å². The molecule has 2 aliphatic rings. The molecule has 4 heteroatoms. The first kappa shape index (κ1) is 15.4. The Morgan fingerprint density at radius 2 is 2.19 bits per heavy atom. The summed E-state index contributed by atoms with van der Waals surface area (Å²) in [4.78, 5) is 0. The summed E-state index contributed by atoms with van der Waals surface area (Å²) in [5.41, 5.74) is 2.77. The Balaban J connectivity index is 1.86. The van der Waals surface area contributed by atoms with Gasteiger partial charge in [-0.2, -0.15) is 5.10 Å². The van der Waals surface area contributed by atoms with Crippen LogP contribution in [0.3, 0.4) is 0 Å². The topological polar surface area (TPSA) is 29.9 Å². The molecule has 3 rings (SSSR count). The van der Waals surface area contributed by atoms with E-state index in [9.17, 15) is 0 Å². The van der Waals surface area contributed by atoms with Gasteiger partial charge in [-0.05, 0) is 49.9 Å². The fourth-order valence-electron chi connectivity index (χ4n) is 4.69. The molecular weight excluding hydrogens is 282 g/mol. The van der Waals surface area contributed by atoms with Crippen molar-refractivity contribution >= 4 is 11.6 Å². The van der Waals surface area contributed by atoms with E-state index in [1.54, 1.807) is 0 Å². The van der Waals surface area contributed by atoms with Crippen LogP contribution in [0.15, 0.2) is 0 Å². The van der Waals surface area contributed by atoms with Crippen LogP contribution in [0.2, 0.25) is 5.15 Å². The summed E-state index contributed by atoms with van der Waals surface area (Å²) in [6.07, 6.45) is 6.72. The van der Waals surface area contributed by atoms with Crippen molar-refractivity contribution in [1.82, 2.24) is 15.1 Å². The van der Waals surface area contributed by atoms with Crippen molar-refractivity contribution in [2.75, 3.05) is 6.54 Å². The van der Waals surface area contributed by atoms with Gasteiger partial charge in [0.1, 0.15) is 5.15 Å². The van der Waals surface area contributed by atoms with Crippen LogP contribution in [0.1, 0.15) is 50.8 Å². The molecule has 21 heavy (non-hydrogen) atoms. The summed E-state index contributed by atoms with van der Waals surface area (Å²) < 4.78 is 1.82. The zero-order valence-corrected chi connectivity index (χ0v) is 14.5. The summed E-state index contributed by atoms with van der Waals surface area (Å²) in [6, 6.07) is 0.548. The standard InChI is InChI=1S/C17H28ClN3/c1-11(2)19-10-17(8-13-5-6-14(17)7-13)9-15-12(3)20-21(4)16(15)18/h11,13-14,19H,5-10H2,1-4H3. The van der Waals surface area contributed by atoms with Gasteiger partial charge in [-0.1, -0.05) is 31.9 Å². The number of nitrogens with one attached hydrogen (secondary N) is 1. The van der Waals surface area contributed by atoms with Crippen molar-refractivity contribution in [3.8, 4) is 0 Å².